The first kappa shape index (κ1) is 20.0. The fraction of sp³-hybridized carbons (Fsp3) is 0.938. The molecule has 1 unspecified atom stereocenters. The zero-order chi connectivity index (χ0) is 15.1. The van der Waals surface area contributed by atoms with Crippen molar-refractivity contribution in [3.63, 3.8) is 0 Å². The van der Waals surface area contributed by atoms with Crippen LogP contribution in [0.4, 0.5) is 0 Å². The van der Waals surface area contributed by atoms with Crippen LogP contribution >= 0.6 is 24.0 Å². The molecule has 2 aliphatic rings. The molecule has 1 aliphatic carbocycles. The van der Waals surface area contributed by atoms with Gasteiger partial charge < -0.3 is 15.0 Å². The molecule has 1 atom stereocenters. The van der Waals surface area contributed by atoms with E-state index in [1.807, 2.05) is 7.05 Å². The molecule has 1 saturated heterocycles. The Labute approximate surface area is 152 Å². The van der Waals surface area contributed by atoms with Gasteiger partial charge in [-0.15, -0.1) is 24.0 Å². The number of nitrogens with one attached hydrogen (secondary N) is 1. The number of hydrogen-bond donors (Lipinski definition) is 1. The molecule has 0 aromatic carbocycles. The van der Waals surface area contributed by atoms with Crippen molar-refractivity contribution in [2.75, 3.05) is 53.0 Å². The molecule has 0 bridgehead atoms. The molecule has 2 fully saturated rings. The fourth-order valence-corrected chi connectivity index (χ4v) is 3.07. The van der Waals surface area contributed by atoms with Crippen LogP contribution in [-0.2, 0) is 4.74 Å². The van der Waals surface area contributed by atoms with Gasteiger partial charge >= 0.3 is 0 Å². The van der Waals surface area contributed by atoms with Crippen LogP contribution in [0.3, 0.4) is 0 Å². The topological polar surface area (TPSA) is 40.1 Å². The average molecular weight is 424 g/mol. The van der Waals surface area contributed by atoms with Crippen molar-refractivity contribution in [3.05, 3.63) is 0 Å². The molecule has 0 radical (unpaired) electrons. The normalized spacial score (nSPS) is 22.1. The van der Waals surface area contributed by atoms with E-state index in [0.29, 0.717) is 6.04 Å². The Kier molecular flexibility index (Phi) is 9.66. The van der Waals surface area contributed by atoms with Gasteiger partial charge in [0.2, 0.25) is 0 Å². The molecule has 0 aromatic rings. The van der Waals surface area contributed by atoms with Crippen LogP contribution in [0.5, 0.6) is 0 Å². The maximum Gasteiger partial charge on any atom is 0.193 e. The summed E-state index contributed by atoms with van der Waals surface area (Å²) < 4.78 is 5.67. The zero-order valence-electron chi connectivity index (χ0n) is 14.4. The minimum absolute atomic E-state index is 0. The van der Waals surface area contributed by atoms with E-state index in [4.69, 9.17) is 4.74 Å². The third-order valence-corrected chi connectivity index (χ3v) is 4.58. The highest BCUT2D eigenvalue weighted by atomic mass is 127. The molecule has 6 heteroatoms. The predicted molar refractivity (Wildman–Crippen MR) is 103 cm³/mol. The molecule has 2 rings (SSSR count). The first-order valence-electron chi connectivity index (χ1n) is 8.55. The van der Waals surface area contributed by atoms with Crippen LogP contribution in [0, 0.1) is 5.92 Å². The van der Waals surface area contributed by atoms with Crippen LogP contribution < -0.4 is 5.32 Å². The highest BCUT2D eigenvalue weighted by Gasteiger charge is 2.27. The van der Waals surface area contributed by atoms with Gasteiger partial charge in [0, 0.05) is 39.3 Å². The lowest BCUT2D eigenvalue weighted by molar-refractivity contribution is 0.128. The minimum Gasteiger partial charge on any atom is -0.379 e. The van der Waals surface area contributed by atoms with Crippen LogP contribution in [0.1, 0.15) is 33.1 Å². The number of guanidine groups is 1. The SMILES string of the molecule is CCN(CC)C1CCN(C(=NC)NCCOCC2CC2)C1.I. The summed E-state index contributed by atoms with van der Waals surface area (Å²) in [6.07, 6.45) is 3.95. The smallest absolute Gasteiger partial charge is 0.193 e. The van der Waals surface area contributed by atoms with Gasteiger partial charge in [-0.25, -0.2) is 0 Å². The van der Waals surface area contributed by atoms with Gasteiger partial charge in [0.25, 0.3) is 0 Å². The van der Waals surface area contributed by atoms with E-state index in [0.717, 1.165) is 57.8 Å². The lowest BCUT2D eigenvalue weighted by atomic mass is 10.2. The van der Waals surface area contributed by atoms with Gasteiger partial charge in [0.05, 0.1) is 6.61 Å². The van der Waals surface area contributed by atoms with Crippen LogP contribution in [0.15, 0.2) is 4.99 Å². The number of likely N-dealkylation sites (tertiary alicyclic amines) is 1. The summed E-state index contributed by atoms with van der Waals surface area (Å²) in [5.41, 5.74) is 0. The van der Waals surface area contributed by atoms with E-state index in [1.54, 1.807) is 0 Å². The minimum atomic E-state index is 0. The average Bonchev–Trinajstić information content (AvgIpc) is 3.21. The highest BCUT2D eigenvalue weighted by Crippen LogP contribution is 2.28. The molecule has 0 aromatic heterocycles. The summed E-state index contributed by atoms with van der Waals surface area (Å²) in [7, 11) is 1.87. The maximum absolute atomic E-state index is 5.67. The maximum atomic E-state index is 5.67. The Morgan fingerprint density at radius 3 is 2.59 bits per heavy atom. The van der Waals surface area contributed by atoms with E-state index < -0.39 is 0 Å². The first-order valence-corrected chi connectivity index (χ1v) is 8.55. The molecule has 1 saturated carbocycles. The molecule has 1 aliphatic heterocycles. The van der Waals surface area contributed by atoms with Crippen molar-refractivity contribution in [2.24, 2.45) is 10.9 Å². The Bertz CT molecular complexity index is 332. The van der Waals surface area contributed by atoms with Gasteiger partial charge in [0.1, 0.15) is 0 Å². The van der Waals surface area contributed by atoms with Crippen molar-refractivity contribution in [3.8, 4) is 0 Å². The zero-order valence-corrected chi connectivity index (χ0v) is 16.7. The monoisotopic (exact) mass is 424 g/mol. The standard InChI is InChI=1S/C16H32N4O.HI/c1-4-19(5-2)15-8-10-20(12-15)16(17-3)18-9-11-21-13-14-6-7-14;/h14-15H,4-13H2,1-3H3,(H,17,18);1H. The second-order valence-electron chi connectivity index (χ2n) is 6.10. The lowest BCUT2D eigenvalue weighted by Crippen LogP contribution is -2.44. The fourth-order valence-electron chi connectivity index (χ4n) is 3.07. The van der Waals surface area contributed by atoms with E-state index in [2.05, 4.69) is 34.0 Å². The summed E-state index contributed by atoms with van der Waals surface area (Å²) in [5.74, 6) is 1.87. The largest absolute Gasteiger partial charge is 0.379 e. The van der Waals surface area contributed by atoms with Crippen molar-refractivity contribution in [1.29, 1.82) is 0 Å². The summed E-state index contributed by atoms with van der Waals surface area (Å²) in [5, 5.41) is 3.43. The molecule has 22 heavy (non-hydrogen) atoms. The third-order valence-electron chi connectivity index (χ3n) is 4.58. The molecular formula is C16H33IN4O. The number of rotatable bonds is 8. The lowest BCUT2D eigenvalue weighted by Gasteiger charge is -2.27. The second-order valence-corrected chi connectivity index (χ2v) is 6.10. The van der Waals surface area contributed by atoms with Crippen LogP contribution in [0.2, 0.25) is 0 Å². The highest BCUT2D eigenvalue weighted by molar-refractivity contribution is 14.0. The number of nitrogens with zero attached hydrogens (tertiary/aromatic N) is 3. The van der Waals surface area contributed by atoms with Crippen molar-refractivity contribution in [2.45, 2.75) is 39.2 Å². The van der Waals surface area contributed by atoms with Gasteiger partial charge in [-0.2, -0.15) is 0 Å². The summed E-state index contributed by atoms with van der Waals surface area (Å²) in [4.78, 5) is 9.34. The van der Waals surface area contributed by atoms with Crippen LogP contribution in [0.25, 0.3) is 0 Å². The Morgan fingerprint density at radius 2 is 2.00 bits per heavy atom. The molecule has 1 N–H and O–H groups in total. The van der Waals surface area contributed by atoms with Gasteiger partial charge in [-0.1, -0.05) is 13.8 Å². The number of aliphatic imine (C=N–C) groups is 1. The molecular weight excluding hydrogens is 391 g/mol. The van der Waals surface area contributed by atoms with Crippen molar-refractivity contribution in [1.82, 2.24) is 15.1 Å². The molecule has 1 heterocycles. The Morgan fingerprint density at radius 1 is 1.27 bits per heavy atom. The number of halogens is 1. The second kappa shape index (κ2) is 10.6. The van der Waals surface area contributed by atoms with Crippen molar-refractivity contribution >= 4 is 29.9 Å². The Hall–Kier alpha value is -0.0800. The van der Waals surface area contributed by atoms with Crippen LogP contribution in [-0.4, -0.2) is 74.8 Å². The van der Waals surface area contributed by atoms with Gasteiger partial charge in [-0.3, -0.25) is 9.89 Å². The summed E-state index contributed by atoms with van der Waals surface area (Å²) in [6.45, 7) is 11.5. The van der Waals surface area contributed by atoms with E-state index >= 15 is 0 Å². The number of likely N-dealkylation sites (N-methyl/N-ethyl adjacent to an activating group) is 1. The Balaban J connectivity index is 0.00000242. The number of ether oxygens (including phenoxy) is 1. The van der Waals surface area contributed by atoms with Crippen molar-refractivity contribution < 1.29 is 4.74 Å². The quantitative estimate of drug-likeness (QED) is 0.280. The first-order chi connectivity index (χ1) is 10.3. The van der Waals surface area contributed by atoms with Gasteiger partial charge in [0.15, 0.2) is 5.96 Å². The number of hydrogen-bond acceptors (Lipinski definition) is 3. The molecule has 5 nitrogen and oxygen atoms in total. The molecule has 0 spiro atoms. The van der Waals surface area contributed by atoms with E-state index in [9.17, 15) is 0 Å². The van der Waals surface area contributed by atoms with E-state index in [-0.39, 0.29) is 24.0 Å². The molecule has 0 amide bonds. The molecule has 130 valence electrons. The summed E-state index contributed by atoms with van der Waals surface area (Å²) in [6, 6.07) is 0.671. The van der Waals surface area contributed by atoms with E-state index in [1.165, 1.54) is 19.3 Å². The summed E-state index contributed by atoms with van der Waals surface area (Å²) >= 11 is 0. The van der Waals surface area contributed by atoms with Gasteiger partial charge in [-0.05, 0) is 38.3 Å². The predicted octanol–water partition coefficient (Wildman–Crippen LogP) is 2.02. The third kappa shape index (κ3) is 6.20.